The van der Waals surface area contributed by atoms with E-state index in [0.717, 1.165) is 5.52 Å². The molecule has 2 aromatic rings. The van der Waals surface area contributed by atoms with Gasteiger partial charge in [0.15, 0.2) is 0 Å². The summed E-state index contributed by atoms with van der Waals surface area (Å²) in [7, 11) is 0. The quantitative estimate of drug-likeness (QED) is 0.578. The summed E-state index contributed by atoms with van der Waals surface area (Å²) in [5.41, 5.74) is 1.25. The minimum atomic E-state index is -0.558. The van der Waals surface area contributed by atoms with E-state index in [0.29, 0.717) is 5.52 Å². The van der Waals surface area contributed by atoms with Crippen LogP contribution in [0.3, 0.4) is 0 Å². The van der Waals surface area contributed by atoms with Gasteiger partial charge in [0.05, 0.1) is 16.0 Å². The highest BCUT2D eigenvalue weighted by Crippen LogP contribution is 2.15. The number of aromatic amines is 1. The minimum Gasteiger partial charge on any atom is -0.333 e. The molecule has 0 aliphatic carbocycles. The summed E-state index contributed by atoms with van der Waals surface area (Å²) in [5, 5.41) is 10.4. The molecule has 0 saturated carbocycles. The van der Waals surface area contributed by atoms with Gasteiger partial charge < -0.3 is 4.98 Å². The van der Waals surface area contributed by atoms with E-state index in [1.165, 1.54) is 0 Å². The summed E-state index contributed by atoms with van der Waals surface area (Å²) in [4.78, 5) is 16.7. The molecule has 70 valence electrons. The van der Waals surface area contributed by atoms with E-state index in [4.69, 9.17) is 0 Å². The number of nitrogens with one attached hydrogen (secondary N) is 1. The molecule has 0 fully saturated rings. The molecule has 1 aromatic heterocycles. The first-order chi connectivity index (χ1) is 6.68. The zero-order chi connectivity index (χ0) is 10.1. The number of hydrogen-bond donors (Lipinski definition) is 1. The Hall–Kier alpha value is -2.17. The lowest BCUT2D eigenvalue weighted by atomic mass is 10.3. The molecule has 0 radical (unpaired) electrons. The van der Waals surface area contributed by atoms with E-state index in [9.17, 15) is 10.1 Å². The summed E-state index contributed by atoms with van der Waals surface area (Å²) in [6.07, 6.45) is 0. The van der Waals surface area contributed by atoms with Crippen LogP contribution in [0.2, 0.25) is 0 Å². The molecule has 0 unspecified atom stereocenters. The van der Waals surface area contributed by atoms with Crippen molar-refractivity contribution in [1.82, 2.24) is 9.97 Å². The van der Waals surface area contributed by atoms with E-state index in [1.807, 2.05) is 12.1 Å². The molecular formula is C9H7N3O2. The fourth-order valence-electron chi connectivity index (χ4n) is 1.18. The van der Waals surface area contributed by atoms with Gasteiger partial charge in [-0.1, -0.05) is 12.1 Å². The number of fused-ring (bicyclic) bond motifs is 1. The zero-order valence-corrected chi connectivity index (χ0v) is 7.23. The summed E-state index contributed by atoms with van der Waals surface area (Å²) in [6, 6.07) is 7.24. The van der Waals surface area contributed by atoms with Crippen molar-refractivity contribution in [1.29, 1.82) is 0 Å². The van der Waals surface area contributed by atoms with Gasteiger partial charge in [0.1, 0.15) is 0 Å². The Kier molecular flexibility index (Phi) is 1.78. The van der Waals surface area contributed by atoms with Crippen molar-refractivity contribution in [3.05, 3.63) is 46.8 Å². The fraction of sp³-hybridized carbons (Fsp3) is 0. The number of nitro groups is 1. The first-order valence-corrected chi connectivity index (χ1v) is 3.97. The molecule has 1 N–H and O–H groups in total. The Morgan fingerprint density at radius 2 is 2.21 bits per heavy atom. The average molecular weight is 189 g/mol. The lowest BCUT2D eigenvalue weighted by Crippen LogP contribution is -1.97. The molecule has 0 aliphatic heterocycles. The second kappa shape index (κ2) is 2.95. The van der Waals surface area contributed by atoms with Gasteiger partial charge in [0.25, 0.3) is 0 Å². The molecular weight excluding hydrogens is 182 g/mol. The normalized spacial score (nSPS) is 10.3. The largest absolute Gasteiger partial charge is 0.333 e. The van der Waals surface area contributed by atoms with Crippen molar-refractivity contribution in [2.75, 3.05) is 0 Å². The molecule has 1 aromatic carbocycles. The standard InChI is InChI=1S/C9H7N3O2/c1-6(12(13)14)9-10-7-4-2-3-5-8(7)11-9/h2-5H,1H2,(H,10,11). The molecule has 2 rings (SSSR count). The Morgan fingerprint density at radius 1 is 1.50 bits per heavy atom. The SMILES string of the molecule is C=C(c1nc2ccccc2[nH]1)[N+](=O)[O-]. The van der Waals surface area contributed by atoms with Crippen LogP contribution in [0.25, 0.3) is 16.7 Å². The maximum Gasteiger partial charge on any atom is 0.304 e. The Labute approximate surface area is 79.2 Å². The third kappa shape index (κ3) is 1.24. The minimum absolute atomic E-state index is 0.205. The van der Waals surface area contributed by atoms with Crippen molar-refractivity contribution in [2.45, 2.75) is 0 Å². The number of benzene rings is 1. The molecule has 0 atom stereocenters. The zero-order valence-electron chi connectivity index (χ0n) is 7.23. The van der Waals surface area contributed by atoms with Gasteiger partial charge in [-0.25, -0.2) is 4.98 Å². The van der Waals surface area contributed by atoms with E-state index >= 15 is 0 Å². The van der Waals surface area contributed by atoms with Crippen molar-refractivity contribution < 1.29 is 4.92 Å². The highest BCUT2D eigenvalue weighted by Gasteiger charge is 2.14. The van der Waals surface area contributed by atoms with Crippen LogP contribution < -0.4 is 0 Å². The maximum atomic E-state index is 10.4. The number of hydrogen-bond acceptors (Lipinski definition) is 3. The maximum absolute atomic E-state index is 10.4. The second-order valence-electron chi connectivity index (χ2n) is 2.81. The monoisotopic (exact) mass is 189 g/mol. The van der Waals surface area contributed by atoms with Crippen molar-refractivity contribution in [3.8, 4) is 0 Å². The molecule has 0 saturated heterocycles. The van der Waals surface area contributed by atoms with Crippen LogP contribution in [-0.4, -0.2) is 14.9 Å². The molecule has 5 nitrogen and oxygen atoms in total. The van der Waals surface area contributed by atoms with Crippen LogP contribution in [0.4, 0.5) is 0 Å². The van der Waals surface area contributed by atoms with Gasteiger partial charge in [-0.3, -0.25) is 10.1 Å². The molecule has 0 bridgehead atoms. The van der Waals surface area contributed by atoms with E-state index in [2.05, 4.69) is 16.5 Å². The predicted molar refractivity (Wildman–Crippen MR) is 52.1 cm³/mol. The third-order valence-corrected chi connectivity index (χ3v) is 1.88. The third-order valence-electron chi connectivity index (χ3n) is 1.88. The molecule has 5 heteroatoms. The summed E-state index contributed by atoms with van der Waals surface area (Å²) in [5.74, 6) is 0.205. The second-order valence-corrected chi connectivity index (χ2v) is 2.81. The van der Waals surface area contributed by atoms with Crippen LogP contribution in [-0.2, 0) is 0 Å². The summed E-state index contributed by atoms with van der Waals surface area (Å²) >= 11 is 0. The van der Waals surface area contributed by atoms with Crippen LogP contribution in [0.5, 0.6) is 0 Å². The molecule has 1 heterocycles. The fourth-order valence-corrected chi connectivity index (χ4v) is 1.18. The average Bonchev–Trinajstić information content (AvgIpc) is 2.59. The van der Waals surface area contributed by atoms with Gasteiger partial charge in [-0.05, 0) is 18.7 Å². The van der Waals surface area contributed by atoms with E-state index in [-0.39, 0.29) is 11.5 Å². The first kappa shape index (κ1) is 8.43. The topological polar surface area (TPSA) is 71.8 Å². The van der Waals surface area contributed by atoms with Gasteiger partial charge in [-0.15, -0.1) is 0 Å². The lowest BCUT2D eigenvalue weighted by Gasteiger charge is -1.88. The van der Waals surface area contributed by atoms with E-state index in [1.54, 1.807) is 12.1 Å². The first-order valence-electron chi connectivity index (χ1n) is 3.97. The molecule has 14 heavy (non-hydrogen) atoms. The van der Waals surface area contributed by atoms with Crippen LogP contribution in [0.15, 0.2) is 30.8 Å². The number of aromatic nitrogens is 2. The Bertz CT molecular complexity index is 483. The summed E-state index contributed by atoms with van der Waals surface area (Å²) < 4.78 is 0. The molecule has 0 amide bonds. The van der Waals surface area contributed by atoms with Gasteiger partial charge >= 0.3 is 5.70 Å². The van der Waals surface area contributed by atoms with Crippen molar-refractivity contribution in [3.63, 3.8) is 0 Å². The van der Waals surface area contributed by atoms with Crippen LogP contribution >= 0.6 is 0 Å². The summed E-state index contributed by atoms with van der Waals surface area (Å²) in [6.45, 7) is 3.33. The number of rotatable bonds is 2. The van der Waals surface area contributed by atoms with Crippen LogP contribution in [0.1, 0.15) is 5.82 Å². The Morgan fingerprint density at radius 3 is 2.86 bits per heavy atom. The predicted octanol–water partition coefficient (Wildman–Crippen LogP) is 1.81. The van der Waals surface area contributed by atoms with E-state index < -0.39 is 4.92 Å². The number of H-pyrrole nitrogens is 1. The smallest absolute Gasteiger partial charge is 0.304 e. The lowest BCUT2D eigenvalue weighted by molar-refractivity contribution is -0.375. The van der Waals surface area contributed by atoms with Gasteiger partial charge in [0, 0.05) is 0 Å². The van der Waals surface area contributed by atoms with Gasteiger partial charge in [0.2, 0.25) is 5.82 Å². The number of nitrogens with zero attached hydrogens (tertiary/aromatic N) is 2. The van der Waals surface area contributed by atoms with Gasteiger partial charge in [-0.2, -0.15) is 0 Å². The molecule has 0 spiro atoms. The van der Waals surface area contributed by atoms with Crippen LogP contribution in [0, 0.1) is 10.1 Å². The number of para-hydroxylation sites is 2. The highest BCUT2D eigenvalue weighted by atomic mass is 16.6. The van der Waals surface area contributed by atoms with Crippen molar-refractivity contribution in [2.24, 2.45) is 0 Å². The highest BCUT2D eigenvalue weighted by molar-refractivity contribution is 5.77. The van der Waals surface area contributed by atoms with Crippen molar-refractivity contribution >= 4 is 16.7 Å². The number of imidazole rings is 1. The molecule has 0 aliphatic rings. The Balaban J connectivity index is 2.55.